The minimum absolute atomic E-state index is 0.0362. The van der Waals surface area contributed by atoms with Gasteiger partial charge < -0.3 is 9.84 Å². The van der Waals surface area contributed by atoms with Crippen molar-refractivity contribution in [3.8, 4) is 0 Å². The molecule has 0 amide bonds. The molecule has 0 saturated heterocycles. The zero-order valence-electron chi connectivity index (χ0n) is 11.0. The van der Waals surface area contributed by atoms with Crippen molar-refractivity contribution in [1.29, 1.82) is 0 Å². The Labute approximate surface area is 110 Å². The Morgan fingerprint density at radius 3 is 2.84 bits per heavy atom. The zero-order chi connectivity index (χ0) is 13.8. The van der Waals surface area contributed by atoms with Crippen LogP contribution >= 0.6 is 0 Å². The number of aromatic nitrogens is 3. The van der Waals surface area contributed by atoms with Crippen molar-refractivity contribution in [3.05, 3.63) is 34.6 Å². The second-order valence-corrected chi connectivity index (χ2v) is 4.63. The van der Waals surface area contributed by atoms with E-state index in [0.29, 0.717) is 10.9 Å². The SMILES string of the molecule is CC(C)OCC(O)Cn1nnc2ccccc2c1=O. The molecule has 0 aliphatic carbocycles. The van der Waals surface area contributed by atoms with Gasteiger partial charge in [-0.25, -0.2) is 4.68 Å². The van der Waals surface area contributed by atoms with Crippen LogP contribution in [0.2, 0.25) is 0 Å². The lowest BCUT2D eigenvalue weighted by Crippen LogP contribution is -2.32. The van der Waals surface area contributed by atoms with Crippen LogP contribution in [0.3, 0.4) is 0 Å². The molecule has 1 aromatic heterocycles. The average Bonchev–Trinajstić information content (AvgIpc) is 2.40. The highest BCUT2D eigenvalue weighted by atomic mass is 16.5. The zero-order valence-corrected chi connectivity index (χ0v) is 11.0. The lowest BCUT2D eigenvalue weighted by Gasteiger charge is -2.13. The Balaban J connectivity index is 2.17. The van der Waals surface area contributed by atoms with Gasteiger partial charge in [0.05, 0.1) is 30.7 Å². The summed E-state index contributed by atoms with van der Waals surface area (Å²) < 4.78 is 6.45. The maximum atomic E-state index is 12.1. The standard InChI is InChI=1S/C13H17N3O3/c1-9(2)19-8-10(17)7-16-13(18)11-5-3-4-6-12(11)14-15-16/h3-6,9-10,17H,7-8H2,1-2H3. The molecule has 1 unspecified atom stereocenters. The van der Waals surface area contributed by atoms with Crippen molar-refractivity contribution < 1.29 is 9.84 Å². The van der Waals surface area contributed by atoms with Gasteiger partial charge in [-0.05, 0) is 26.0 Å². The Hall–Kier alpha value is -1.79. The van der Waals surface area contributed by atoms with Gasteiger partial charge in [0.2, 0.25) is 0 Å². The van der Waals surface area contributed by atoms with Crippen LogP contribution in [-0.4, -0.2) is 38.9 Å². The quantitative estimate of drug-likeness (QED) is 0.853. The van der Waals surface area contributed by atoms with Gasteiger partial charge in [-0.15, -0.1) is 5.10 Å². The third-order valence-electron chi connectivity index (χ3n) is 2.63. The molecule has 19 heavy (non-hydrogen) atoms. The highest BCUT2D eigenvalue weighted by Gasteiger charge is 2.11. The number of hydrogen-bond acceptors (Lipinski definition) is 5. The molecule has 0 spiro atoms. The molecule has 6 nitrogen and oxygen atoms in total. The van der Waals surface area contributed by atoms with Gasteiger partial charge in [0.1, 0.15) is 5.52 Å². The van der Waals surface area contributed by atoms with Crippen LogP contribution in [0.15, 0.2) is 29.1 Å². The first kappa shape index (κ1) is 13.6. The minimum Gasteiger partial charge on any atom is -0.389 e. The van der Waals surface area contributed by atoms with Gasteiger partial charge in [-0.3, -0.25) is 4.79 Å². The third kappa shape index (κ3) is 3.36. The summed E-state index contributed by atoms with van der Waals surface area (Å²) in [6.45, 7) is 4.01. The summed E-state index contributed by atoms with van der Waals surface area (Å²) in [7, 11) is 0. The van der Waals surface area contributed by atoms with E-state index in [1.165, 1.54) is 0 Å². The monoisotopic (exact) mass is 263 g/mol. The molecule has 1 aromatic carbocycles. The minimum atomic E-state index is -0.782. The second kappa shape index (κ2) is 5.90. The van der Waals surface area contributed by atoms with E-state index in [-0.39, 0.29) is 24.8 Å². The molecule has 0 aliphatic rings. The predicted molar refractivity (Wildman–Crippen MR) is 70.9 cm³/mol. The molecular formula is C13H17N3O3. The molecule has 6 heteroatoms. The number of ether oxygens (including phenoxy) is 1. The van der Waals surface area contributed by atoms with Crippen LogP contribution in [0, 0.1) is 0 Å². The molecule has 0 bridgehead atoms. The Morgan fingerprint density at radius 1 is 1.37 bits per heavy atom. The van der Waals surface area contributed by atoms with E-state index in [4.69, 9.17) is 4.74 Å². The van der Waals surface area contributed by atoms with Gasteiger partial charge in [0, 0.05) is 0 Å². The van der Waals surface area contributed by atoms with Crippen LogP contribution < -0.4 is 5.56 Å². The highest BCUT2D eigenvalue weighted by molar-refractivity contribution is 5.76. The number of nitrogens with zero attached hydrogens (tertiary/aromatic N) is 3. The molecule has 2 rings (SSSR count). The molecule has 1 N–H and O–H groups in total. The van der Waals surface area contributed by atoms with E-state index in [2.05, 4.69) is 10.3 Å². The molecule has 0 aliphatic heterocycles. The van der Waals surface area contributed by atoms with Gasteiger partial charge in [0.15, 0.2) is 0 Å². The van der Waals surface area contributed by atoms with Crippen LogP contribution in [-0.2, 0) is 11.3 Å². The van der Waals surface area contributed by atoms with Crippen molar-refractivity contribution in [3.63, 3.8) is 0 Å². The fourth-order valence-corrected chi connectivity index (χ4v) is 1.70. The maximum Gasteiger partial charge on any atom is 0.277 e. The first-order chi connectivity index (χ1) is 9.08. The van der Waals surface area contributed by atoms with Crippen LogP contribution in [0.5, 0.6) is 0 Å². The van der Waals surface area contributed by atoms with Crippen molar-refractivity contribution in [2.75, 3.05) is 6.61 Å². The summed E-state index contributed by atoms with van der Waals surface area (Å²) in [6.07, 6.45) is -0.746. The first-order valence-corrected chi connectivity index (χ1v) is 6.20. The predicted octanol–water partition coefficient (Wildman–Crippen LogP) is 0.577. The van der Waals surface area contributed by atoms with E-state index in [1.807, 2.05) is 13.8 Å². The summed E-state index contributed by atoms with van der Waals surface area (Å²) >= 11 is 0. The summed E-state index contributed by atoms with van der Waals surface area (Å²) in [6, 6.07) is 6.99. The Kier molecular flexibility index (Phi) is 4.24. The largest absolute Gasteiger partial charge is 0.389 e. The molecule has 2 aromatic rings. The van der Waals surface area contributed by atoms with Crippen LogP contribution in [0.25, 0.3) is 10.9 Å². The van der Waals surface area contributed by atoms with Crippen molar-refractivity contribution in [2.45, 2.75) is 32.6 Å². The van der Waals surface area contributed by atoms with E-state index in [1.54, 1.807) is 24.3 Å². The van der Waals surface area contributed by atoms with Crippen molar-refractivity contribution >= 4 is 10.9 Å². The molecule has 1 atom stereocenters. The molecule has 1 heterocycles. The van der Waals surface area contributed by atoms with Gasteiger partial charge >= 0.3 is 0 Å². The lowest BCUT2D eigenvalue weighted by atomic mass is 10.2. The van der Waals surface area contributed by atoms with E-state index in [0.717, 1.165) is 4.68 Å². The maximum absolute atomic E-state index is 12.1. The average molecular weight is 263 g/mol. The van der Waals surface area contributed by atoms with E-state index < -0.39 is 6.10 Å². The summed E-state index contributed by atoms with van der Waals surface area (Å²) in [5, 5.41) is 18.1. The van der Waals surface area contributed by atoms with Gasteiger partial charge in [-0.1, -0.05) is 17.3 Å². The Bertz CT molecular complexity index is 609. The first-order valence-electron chi connectivity index (χ1n) is 6.20. The van der Waals surface area contributed by atoms with Gasteiger partial charge in [0.25, 0.3) is 5.56 Å². The molecule has 0 fully saturated rings. The van der Waals surface area contributed by atoms with Crippen LogP contribution in [0.1, 0.15) is 13.8 Å². The highest BCUT2D eigenvalue weighted by Crippen LogP contribution is 2.03. The molecule has 102 valence electrons. The fourth-order valence-electron chi connectivity index (χ4n) is 1.70. The number of benzene rings is 1. The van der Waals surface area contributed by atoms with E-state index >= 15 is 0 Å². The summed E-state index contributed by atoms with van der Waals surface area (Å²) in [5.41, 5.74) is 0.297. The number of aliphatic hydroxyl groups is 1. The van der Waals surface area contributed by atoms with E-state index in [9.17, 15) is 9.90 Å². The van der Waals surface area contributed by atoms with Crippen molar-refractivity contribution in [2.24, 2.45) is 0 Å². The molecule has 0 radical (unpaired) electrons. The third-order valence-corrected chi connectivity index (χ3v) is 2.63. The van der Waals surface area contributed by atoms with Crippen LogP contribution in [0.4, 0.5) is 0 Å². The van der Waals surface area contributed by atoms with Crippen molar-refractivity contribution in [1.82, 2.24) is 15.0 Å². The van der Waals surface area contributed by atoms with Gasteiger partial charge in [-0.2, -0.15) is 0 Å². The summed E-state index contributed by atoms with van der Waals surface area (Å²) in [4.78, 5) is 12.1. The fraction of sp³-hybridized carbons (Fsp3) is 0.462. The number of fused-ring (bicyclic) bond motifs is 1. The smallest absolute Gasteiger partial charge is 0.277 e. The number of aliphatic hydroxyl groups excluding tert-OH is 1. The molecular weight excluding hydrogens is 246 g/mol. The molecule has 0 saturated carbocycles. The normalized spacial score (nSPS) is 13.1. The number of rotatable bonds is 5. The second-order valence-electron chi connectivity index (χ2n) is 4.63. The Morgan fingerprint density at radius 2 is 2.11 bits per heavy atom. The topological polar surface area (TPSA) is 77.2 Å². The lowest BCUT2D eigenvalue weighted by molar-refractivity contribution is -0.00280. The summed E-state index contributed by atoms with van der Waals surface area (Å²) in [5.74, 6) is 0. The number of hydrogen-bond donors (Lipinski definition) is 1.